The molecular formula is C19H19NO8. The number of hydrogen-bond donors (Lipinski definition) is 3. The maximum atomic E-state index is 12.8. The molecule has 0 amide bonds. The third-order valence-electron chi connectivity index (χ3n) is 3.69. The van der Waals surface area contributed by atoms with E-state index in [-0.39, 0.29) is 5.69 Å². The van der Waals surface area contributed by atoms with Gasteiger partial charge in [-0.1, -0.05) is 17.7 Å². The fraction of sp³-hybridized carbons (Fsp3) is 0.263. The monoisotopic (exact) mass is 389 g/mol. The van der Waals surface area contributed by atoms with E-state index in [0.29, 0.717) is 0 Å². The molecule has 28 heavy (non-hydrogen) atoms. The summed E-state index contributed by atoms with van der Waals surface area (Å²) in [6.45, 7) is 6.40. The number of rotatable bonds is 5. The molecule has 0 aliphatic rings. The third kappa shape index (κ3) is 3.88. The number of aryl methyl sites for hydroxylation is 1. The van der Waals surface area contributed by atoms with Crippen molar-refractivity contribution in [2.24, 2.45) is 0 Å². The Morgan fingerprint density at radius 1 is 0.821 bits per heavy atom. The van der Waals surface area contributed by atoms with Gasteiger partial charge in [0.2, 0.25) is 0 Å². The predicted octanol–water partition coefficient (Wildman–Crippen LogP) is 2.84. The summed E-state index contributed by atoms with van der Waals surface area (Å²) in [5, 5.41) is 28.7. The molecule has 0 spiro atoms. The standard InChI is InChI=1S/C19H19NO8/c1-9-5-7-10(8-6-9)20-13(17(25)26)11(15(21)22)12(16(23)24)14(20)18(27)28-19(2,3)4/h5-8H,1-4H3,(H,21,22)(H,23,24)(H,25,26). The van der Waals surface area contributed by atoms with Crippen molar-refractivity contribution >= 4 is 23.9 Å². The number of esters is 1. The molecular weight excluding hydrogens is 370 g/mol. The average molecular weight is 389 g/mol. The van der Waals surface area contributed by atoms with E-state index >= 15 is 0 Å². The highest BCUT2D eigenvalue weighted by molar-refractivity contribution is 6.14. The molecule has 1 aromatic carbocycles. The summed E-state index contributed by atoms with van der Waals surface area (Å²) >= 11 is 0. The Hall–Kier alpha value is -3.62. The zero-order valence-corrected chi connectivity index (χ0v) is 15.6. The fourth-order valence-electron chi connectivity index (χ4n) is 2.66. The van der Waals surface area contributed by atoms with Crippen molar-refractivity contribution in [2.75, 3.05) is 0 Å². The van der Waals surface area contributed by atoms with Crippen LogP contribution in [0.5, 0.6) is 0 Å². The summed E-state index contributed by atoms with van der Waals surface area (Å²) in [5.41, 5.74) is -3.57. The molecule has 0 radical (unpaired) electrons. The molecule has 0 saturated heterocycles. The van der Waals surface area contributed by atoms with Gasteiger partial charge in [-0.15, -0.1) is 0 Å². The van der Waals surface area contributed by atoms with Crippen molar-refractivity contribution in [3.63, 3.8) is 0 Å². The van der Waals surface area contributed by atoms with Gasteiger partial charge in [-0.3, -0.25) is 4.57 Å². The smallest absolute Gasteiger partial charge is 0.356 e. The van der Waals surface area contributed by atoms with E-state index in [2.05, 4.69) is 0 Å². The van der Waals surface area contributed by atoms with Gasteiger partial charge in [0.05, 0.1) is 0 Å². The van der Waals surface area contributed by atoms with Crippen LogP contribution < -0.4 is 0 Å². The number of hydrogen-bond acceptors (Lipinski definition) is 5. The molecule has 0 unspecified atom stereocenters. The molecule has 1 aromatic heterocycles. The Labute approximate surface area is 159 Å². The number of carboxylic acid groups (broad SMARTS) is 3. The first-order valence-electron chi connectivity index (χ1n) is 8.14. The third-order valence-corrected chi connectivity index (χ3v) is 3.69. The summed E-state index contributed by atoms with van der Waals surface area (Å²) < 4.78 is 6.01. The molecule has 0 bridgehead atoms. The zero-order valence-electron chi connectivity index (χ0n) is 15.6. The molecule has 0 aliphatic heterocycles. The van der Waals surface area contributed by atoms with Crippen molar-refractivity contribution in [1.82, 2.24) is 4.57 Å². The lowest BCUT2D eigenvalue weighted by Gasteiger charge is -2.21. The van der Waals surface area contributed by atoms with Gasteiger partial charge in [-0.25, -0.2) is 19.2 Å². The highest BCUT2D eigenvalue weighted by Crippen LogP contribution is 2.30. The minimum Gasteiger partial charge on any atom is -0.478 e. The quantitative estimate of drug-likeness (QED) is 0.662. The van der Waals surface area contributed by atoms with E-state index in [1.54, 1.807) is 39.8 Å². The zero-order chi connectivity index (χ0) is 21.4. The molecule has 0 aliphatic carbocycles. The van der Waals surface area contributed by atoms with Crippen molar-refractivity contribution in [3.8, 4) is 5.69 Å². The van der Waals surface area contributed by atoms with Crippen molar-refractivity contribution in [2.45, 2.75) is 33.3 Å². The maximum Gasteiger partial charge on any atom is 0.356 e. The lowest BCUT2D eigenvalue weighted by molar-refractivity contribution is 0.00567. The van der Waals surface area contributed by atoms with Gasteiger partial charge in [-0.05, 0) is 39.8 Å². The average Bonchev–Trinajstić information content (AvgIpc) is 2.90. The van der Waals surface area contributed by atoms with Gasteiger partial charge in [0.15, 0.2) is 0 Å². The van der Waals surface area contributed by atoms with Crippen molar-refractivity contribution in [3.05, 3.63) is 52.3 Å². The first kappa shape index (κ1) is 20.7. The molecule has 1 heterocycles. The molecule has 0 fully saturated rings. The minimum absolute atomic E-state index is 0.110. The highest BCUT2D eigenvalue weighted by Gasteiger charge is 2.39. The molecule has 0 saturated carbocycles. The van der Waals surface area contributed by atoms with Crippen molar-refractivity contribution in [1.29, 1.82) is 0 Å². The van der Waals surface area contributed by atoms with Gasteiger partial charge in [-0.2, -0.15) is 0 Å². The second-order valence-electron chi connectivity index (χ2n) is 7.04. The second-order valence-corrected chi connectivity index (χ2v) is 7.04. The molecule has 9 heteroatoms. The van der Waals surface area contributed by atoms with E-state index in [1.807, 2.05) is 0 Å². The molecule has 9 nitrogen and oxygen atoms in total. The van der Waals surface area contributed by atoms with Crippen LogP contribution in [0.25, 0.3) is 5.69 Å². The SMILES string of the molecule is Cc1ccc(-n2c(C(=O)O)c(C(=O)O)c(C(=O)O)c2C(=O)OC(C)(C)C)cc1. The molecule has 148 valence electrons. The summed E-state index contributed by atoms with van der Waals surface area (Å²) in [6.07, 6.45) is 0. The number of carbonyl (C=O) groups excluding carboxylic acids is 1. The minimum atomic E-state index is -1.79. The van der Waals surface area contributed by atoms with Crippen LogP contribution >= 0.6 is 0 Å². The summed E-state index contributed by atoms with van der Waals surface area (Å²) in [6, 6.07) is 6.13. The largest absolute Gasteiger partial charge is 0.478 e. The number of ether oxygens (including phenoxy) is 1. The van der Waals surface area contributed by atoms with E-state index < -0.39 is 52.0 Å². The van der Waals surface area contributed by atoms with Crippen LogP contribution in [-0.4, -0.2) is 49.4 Å². The maximum absolute atomic E-state index is 12.8. The van der Waals surface area contributed by atoms with Gasteiger partial charge in [0, 0.05) is 5.69 Å². The number of benzene rings is 1. The summed E-state index contributed by atoms with van der Waals surface area (Å²) in [7, 11) is 0. The van der Waals surface area contributed by atoms with E-state index in [0.717, 1.165) is 10.1 Å². The number of aromatic carboxylic acids is 3. The Kier molecular flexibility index (Phi) is 5.31. The van der Waals surface area contributed by atoms with E-state index in [9.17, 15) is 34.5 Å². The van der Waals surface area contributed by atoms with Crippen LogP contribution in [0.15, 0.2) is 24.3 Å². The van der Waals surface area contributed by atoms with Crippen LogP contribution in [0.1, 0.15) is 68.0 Å². The topological polar surface area (TPSA) is 143 Å². The first-order valence-corrected chi connectivity index (χ1v) is 8.14. The molecule has 2 rings (SSSR count). The Morgan fingerprint density at radius 3 is 1.68 bits per heavy atom. The number of aromatic nitrogens is 1. The first-order chi connectivity index (χ1) is 12.8. The van der Waals surface area contributed by atoms with Crippen LogP contribution in [0.4, 0.5) is 0 Å². The van der Waals surface area contributed by atoms with Gasteiger partial charge >= 0.3 is 23.9 Å². The summed E-state index contributed by atoms with van der Waals surface area (Å²) in [4.78, 5) is 48.2. The van der Waals surface area contributed by atoms with Gasteiger partial charge in [0.25, 0.3) is 0 Å². The van der Waals surface area contributed by atoms with Crippen molar-refractivity contribution < 1.29 is 39.2 Å². The predicted molar refractivity (Wildman–Crippen MR) is 96.6 cm³/mol. The summed E-state index contributed by atoms with van der Waals surface area (Å²) in [5.74, 6) is -6.40. The van der Waals surface area contributed by atoms with Crippen LogP contribution in [0.2, 0.25) is 0 Å². The molecule has 2 aromatic rings. The van der Waals surface area contributed by atoms with Gasteiger partial charge in [0.1, 0.15) is 28.1 Å². The van der Waals surface area contributed by atoms with E-state index in [4.69, 9.17) is 4.74 Å². The molecule has 3 N–H and O–H groups in total. The second kappa shape index (κ2) is 7.18. The van der Waals surface area contributed by atoms with Crippen LogP contribution in [0.3, 0.4) is 0 Å². The number of carbonyl (C=O) groups is 4. The Balaban J connectivity index is 3.01. The van der Waals surface area contributed by atoms with Crippen LogP contribution in [0, 0.1) is 6.92 Å². The highest BCUT2D eigenvalue weighted by atomic mass is 16.6. The number of carboxylic acids is 3. The lowest BCUT2D eigenvalue weighted by atomic mass is 10.1. The Morgan fingerprint density at radius 2 is 1.29 bits per heavy atom. The lowest BCUT2D eigenvalue weighted by Crippen LogP contribution is -2.27. The molecule has 0 atom stereocenters. The van der Waals surface area contributed by atoms with Crippen LogP contribution in [-0.2, 0) is 4.74 Å². The van der Waals surface area contributed by atoms with E-state index in [1.165, 1.54) is 12.1 Å². The Bertz CT molecular complexity index is 977. The normalized spacial score (nSPS) is 11.1. The fourth-order valence-corrected chi connectivity index (χ4v) is 2.66. The van der Waals surface area contributed by atoms with Gasteiger partial charge < -0.3 is 20.1 Å². The number of nitrogens with zero attached hydrogens (tertiary/aromatic N) is 1.